The number of ether oxygens (including phenoxy) is 2. The lowest BCUT2D eigenvalue weighted by Gasteiger charge is -2.39. The van der Waals surface area contributed by atoms with Crippen LogP contribution in [-0.2, 0) is 23.9 Å². The summed E-state index contributed by atoms with van der Waals surface area (Å²) in [5, 5.41) is 4.13. The molecule has 40 heavy (non-hydrogen) atoms. The molecule has 2 aliphatic rings. The maximum atomic E-state index is 13.6. The number of amides is 2. The fraction of sp³-hybridized carbons (Fsp3) is 0.839. The number of nitrogens with zero attached hydrogens (tertiary/aromatic N) is 1. The normalized spacial score (nSPS) is 29.8. The second kappa shape index (κ2) is 15.0. The van der Waals surface area contributed by atoms with E-state index < -0.39 is 29.8 Å². The number of carbonyl (C=O) groups is 4. The first-order valence-electron chi connectivity index (χ1n) is 15.1. The molecule has 0 unspecified atom stereocenters. The third-order valence-electron chi connectivity index (χ3n) is 9.19. The molecule has 0 saturated heterocycles. The van der Waals surface area contributed by atoms with Gasteiger partial charge in [0.15, 0.2) is 0 Å². The number of hydrogen-bond acceptors (Lipinski definition) is 7. The predicted octanol–water partition coefficient (Wildman–Crippen LogP) is 5.50. The molecule has 0 aromatic carbocycles. The Morgan fingerprint density at radius 3 is 1.60 bits per heavy atom. The number of nitrogens with two attached hydrogens (primary N) is 1. The Morgan fingerprint density at radius 2 is 1.20 bits per heavy atom. The van der Waals surface area contributed by atoms with Gasteiger partial charge in [0, 0.05) is 0 Å². The molecule has 228 valence electrons. The standard InChI is InChI=1S/C31H53N3O6/c1-16(2)23-12-10-18(5)14-25(23)39-29(33-34-31(32)38)27(21(8)35)20(7)28(22(9)36)30(37)40-26-15-19(6)11-13-24(26)17(3)4/h16-20,23-28H,10-15H2,1-9H3,(H3,32,34,38)/b33-29-/t18-,19-,20-,23+,24-,25-,26-,27+,28+/m1/s1. The maximum Gasteiger partial charge on any atom is 0.332 e. The molecule has 2 aliphatic carbocycles. The van der Waals surface area contributed by atoms with Crippen LogP contribution in [0.15, 0.2) is 5.10 Å². The minimum Gasteiger partial charge on any atom is -0.476 e. The summed E-state index contributed by atoms with van der Waals surface area (Å²) in [4.78, 5) is 51.3. The van der Waals surface area contributed by atoms with E-state index in [9.17, 15) is 19.2 Å². The smallest absolute Gasteiger partial charge is 0.332 e. The van der Waals surface area contributed by atoms with E-state index in [0.29, 0.717) is 23.7 Å². The van der Waals surface area contributed by atoms with Gasteiger partial charge in [0.25, 0.3) is 0 Å². The second-order valence-electron chi connectivity index (χ2n) is 13.2. The molecule has 9 nitrogen and oxygen atoms in total. The number of hydrogen-bond donors (Lipinski definition) is 2. The molecule has 0 aromatic heterocycles. The monoisotopic (exact) mass is 563 g/mol. The van der Waals surface area contributed by atoms with E-state index in [1.54, 1.807) is 6.92 Å². The number of esters is 1. The zero-order chi connectivity index (χ0) is 30.3. The zero-order valence-electron chi connectivity index (χ0n) is 26.1. The Bertz CT molecular complexity index is 932. The summed E-state index contributed by atoms with van der Waals surface area (Å²) in [6.07, 6.45) is 5.10. The van der Waals surface area contributed by atoms with Crippen molar-refractivity contribution >= 4 is 29.5 Å². The average Bonchev–Trinajstić information content (AvgIpc) is 2.81. The third-order valence-corrected chi connectivity index (χ3v) is 9.19. The molecule has 2 saturated carbocycles. The highest BCUT2D eigenvalue weighted by atomic mass is 16.5. The molecular weight excluding hydrogens is 510 g/mol. The molecule has 9 heteroatoms. The molecule has 2 fully saturated rings. The van der Waals surface area contributed by atoms with Gasteiger partial charge in [0.05, 0.1) is 5.92 Å². The number of urea groups is 1. The van der Waals surface area contributed by atoms with Gasteiger partial charge in [-0.2, -0.15) is 0 Å². The Balaban J connectivity index is 2.41. The van der Waals surface area contributed by atoms with Crippen molar-refractivity contribution < 1.29 is 28.7 Å². The summed E-state index contributed by atoms with van der Waals surface area (Å²) >= 11 is 0. The van der Waals surface area contributed by atoms with E-state index >= 15 is 0 Å². The highest BCUT2D eigenvalue weighted by Gasteiger charge is 2.44. The van der Waals surface area contributed by atoms with Crippen molar-refractivity contribution in [3.8, 4) is 0 Å². The van der Waals surface area contributed by atoms with Gasteiger partial charge in [-0.05, 0) is 81.0 Å². The number of carbonyl (C=O) groups excluding carboxylic acids is 4. The van der Waals surface area contributed by atoms with Crippen LogP contribution >= 0.6 is 0 Å². The van der Waals surface area contributed by atoms with E-state index in [-0.39, 0.29) is 41.5 Å². The lowest BCUT2D eigenvalue weighted by Crippen LogP contribution is -2.46. The van der Waals surface area contributed by atoms with Crippen LogP contribution in [0.1, 0.15) is 101 Å². The van der Waals surface area contributed by atoms with Crippen LogP contribution in [0.2, 0.25) is 0 Å². The van der Waals surface area contributed by atoms with Crippen molar-refractivity contribution in [1.82, 2.24) is 5.43 Å². The average molecular weight is 564 g/mol. The molecule has 0 spiro atoms. The van der Waals surface area contributed by atoms with E-state index in [0.717, 1.165) is 38.5 Å². The number of hydrazone groups is 1. The van der Waals surface area contributed by atoms with E-state index in [1.807, 2.05) is 0 Å². The maximum absolute atomic E-state index is 13.6. The Labute approximate surface area is 240 Å². The van der Waals surface area contributed by atoms with Crippen molar-refractivity contribution in [2.75, 3.05) is 0 Å². The van der Waals surface area contributed by atoms with Gasteiger partial charge in [-0.3, -0.25) is 14.4 Å². The minimum absolute atomic E-state index is 0.0195. The van der Waals surface area contributed by atoms with Gasteiger partial charge in [0.1, 0.15) is 29.7 Å². The van der Waals surface area contributed by atoms with Gasteiger partial charge in [-0.25, -0.2) is 10.2 Å². The largest absolute Gasteiger partial charge is 0.476 e. The van der Waals surface area contributed by atoms with Crippen LogP contribution in [0.3, 0.4) is 0 Å². The van der Waals surface area contributed by atoms with Crippen molar-refractivity contribution in [3.05, 3.63) is 0 Å². The lowest BCUT2D eigenvalue weighted by molar-refractivity contribution is -0.165. The molecule has 0 heterocycles. The SMILES string of the molecule is CC(=O)[C@@H](C(=O)O[C@@H]1C[C@H](C)CC[C@@H]1C(C)C)[C@H](C)[C@@H](C(C)=O)/C(=N/NC(N)=O)O[C@@H]1C[C@H](C)CC[C@H]1C(C)C. The van der Waals surface area contributed by atoms with Gasteiger partial charge in [0.2, 0.25) is 5.90 Å². The quantitative estimate of drug-likeness (QED) is 0.112. The fourth-order valence-corrected chi connectivity index (χ4v) is 6.87. The highest BCUT2D eigenvalue weighted by molar-refractivity contribution is 6.04. The summed E-state index contributed by atoms with van der Waals surface area (Å²) in [6, 6.07) is -0.901. The first-order valence-corrected chi connectivity index (χ1v) is 15.1. The first-order chi connectivity index (χ1) is 18.6. The second-order valence-corrected chi connectivity index (χ2v) is 13.2. The van der Waals surface area contributed by atoms with Crippen LogP contribution < -0.4 is 11.2 Å². The molecule has 0 aromatic rings. The van der Waals surface area contributed by atoms with Crippen LogP contribution in [-0.4, -0.2) is 41.7 Å². The van der Waals surface area contributed by atoms with Crippen LogP contribution in [0.25, 0.3) is 0 Å². The molecule has 2 rings (SSSR count). The summed E-state index contributed by atoms with van der Waals surface area (Å²) in [7, 11) is 0. The predicted molar refractivity (Wildman–Crippen MR) is 155 cm³/mol. The van der Waals surface area contributed by atoms with Crippen LogP contribution in [0.5, 0.6) is 0 Å². The van der Waals surface area contributed by atoms with Gasteiger partial charge < -0.3 is 15.2 Å². The van der Waals surface area contributed by atoms with Gasteiger partial charge in [-0.1, -0.05) is 61.3 Å². The number of primary amides is 1. The van der Waals surface area contributed by atoms with Crippen molar-refractivity contribution in [2.24, 2.45) is 64.1 Å². The van der Waals surface area contributed by atoms with Crippen LogP contribution in [0, 0.1) is 53.3 Å². The Hall–Kier alpha value is -2.45. The van der Waals surface area contributed by atoms with Crippen molar-refractivity contribution in [3.63, 3.8) is 0 Å². The van der Waals surface area contributed by atoms with E-state index in [4.69, 9.17) is 15.2 Å². The Kier molecular flexibility index (Phi) is 12.6. The topological polar surface area (TPSA) is 137 Å². The number of rotatable bonds is 11. The minimum atomic E-state index is -1.19. The van der Waals surface area contributed by atoms with Gasteiger partial charge >= 0.3 is 12.0 Å². The molecule has 0 radical (unpaired) electrons. The number of ketones is 2. The molecule has 3 N–H and O–H groups in total. The van der Waals surface area contributed by atoms with E-state index in [1.165, 1.54) is 13.8 Å². The summed E-state index contributed by atoms with van der Waals surface area (Å²) < 4.78 is 12.5. The number of Topliss-reactive ketones (excluding diaryl/α,β-unsaturated/α-hetero) is 2. The third kappa shape index (κ3) is 9.03. The van der Waals surface area contributed by atoms with Gasteiger partial charge in [-0.15, -0.1) is 5.10 Å². The molecule has 0 bridgehead atoms. The first kappa shape index (κ1) is 33.8. The molecular formula is C31H53N3O6. The molecule has 2 amide bonds. The van der Waals surface area contributed by atoms with E-state index in [2.05, 4.69) is 52.1 Å². The van der Waals surface area contributed by atoms with Crippen molar-refractivity contribution in [2.45, 2.75) is 113 Å². The summed E-state index contributed by atoms with van der Waals surface area (Å²) in [5.74, 6) is -2.44. The molecule has 0 aliphatic heterocycles. The summed E-state index contributed by atoms with van der Waals surface area (Å²) in [5.41, 5.74) is 7.52. The van der Waals surface area contributed by atoms with Crippen LogP contribution in [0.4, 0.5) is 4.79 Å². The highest BCUT2D eigenvalue weighted by Crippen LogP contribution is 2.38. The number of nitrogens with one attached hydrogen (secondary N) is 1. The summed E-state index contributed by atoms with van der Waals surface area (Å²) in [6.45, 7) is 17.2. The lowest BCUT2D eigenvalue weighted by atomic mass is 9.74. The Morgan fingerprint density at radius 1 is 0.750 bits per heavy atom. The fourth-order valence-electron chi connectivity index (χ4n) is 6.87. The molecule has 9 atom stereocenters. The zero-order valence-corrected chi connectivity index (χ0v) is 26.1. The van der Waals surface area contributed by atoms with Crippen molar-refractivity contribution in [1.29, 1.82) is 0 Å².